The molecule has 7 nitrogen and oxygen atoms in total. The summed E-state index contributed by atoms with van der Waals surface area (Å²) in [6.07, 6.45) is 2.04. The van der Waals surface area contributed by atoms with E-state index in [1.54, 1.807) is 14.2 Å². The SMILES string of the molecule is CCCC(=O)Nc1cccc(CN2N=C(c3ccc(OC)c(OC)c3)C(CC)SC2=O)c1. The number of nitrogens with zero attached hydrogens (tertiary/aromatic N) is 2. The summed E-state index contributed by atoms with van der Waals surface area (Å²) in [4.78, 5) is 24.7. The van der Waals surface area contributed by atoms with E-state index in [1.807, 2.05) is 56.3 Å². The Morgan fingerprint density at radius 2 is 1.91 bits per heavy atom. The third kappa shape index (κ3) is 5.62. The molecule has 3 rings (SSSR count). The number of ether oxygens (including phenoxy) is 2. The number of benzene rings is 2. The molecule has 0 spiro atoms. The van der Waals surface area contributed by atoms with Gasteiger partial charge in [0.1, 0.15) is 0 Å². The Kier molecular flexibility index (Phi) is 8.16. The number of methoxy groups -OCH3 is 2. The van der Waals surface area contributed by atoms with Crippen LogP contribution in [-0.2, 0) is 11.3 Å². The first-order valence-corrected chi connectivity index (χ1v) is 11.5. The number of hydrogen-bond donors (Lipinski definition) is 1. The minimum Gasteiger partial charge on any atom is -0.493 e. The average Bonchev–Trinajstić information content (AvgIpc) is 2.80. The van der Waals surface area contributed by atoms with Gasteiger partial charge in [-0.2, -0.15) is 5.10 Å². The van der Waals surface area contributed by atoms with Gasteiger partial charge in [-0.15, -0.1) is 0 Å². The van der Waals surface area contributed by atoms with E-state index >= 15 is 0 Å². The number of thioether (sulfide) groups is 1. The Hall–Kier alpha value is -3.00. The number of hydrazone groups is 1. The van der Waals surface area contributed by atoms with Gasteiger partial charge in [-0.3, -0.25) is 9.59 Å². The van der Waals surface area contributed by atoms with Crippen LogP contribution in [0.4, 0.5) is 10.5 Å². The van der Waals surface area contributed by atoms with Crippen LogP contribution < -0.4 is 14.8 Å². The van der Waals surface area contributed by atoms with Crippen molar-refractivity contribution >= 4 is 34.3 Å². The maximum absolute atomic E-state index is 12.8. The zero-order valence-electron chi connectivity index (χ0n) is 18.9. The number of hydrogen-bond acceptors (Lipinski definition) is 6. The fourth-order valence-corrected chi connectivity index (χ4v) is 4.39. The van der Waals surface area contributed by atoms with Crippen LogP contribution in [0.5, 0.6) is 11.5 Å². The summed E-state index contributed by atoms with van der Waals surface area (Å²) in [6.45, 7) is 4.32. The van der Waals surface area contributed by atoms with Crippen molar-refractivity contribution in [2.45, 2.75) is 44.9 Å². The first kappa shape index (κ1) is 23.7. The van der Waals surface area contributed by atoms with E-state index in [-0.39, 0.29) is 16.4 Å². The summed E-state index contributed by atoms with van der Waals surface area (Å²) in [5, 5.41) is 8.97. The molecule has 1 atom stereocenters. The van der Waals surface area contributed by atoms with Crippen molar-refractivity contribution in [3.05, 3.63) is 53.6 Å². The van der Waals surface area contributed by atoms with Crippen molar-refractivity contribution in [2.24, 2.45) is 5.10 Å². The summed E-state index contributed by atoms with van der Waals surface area (Å²) in [5.74, 6) is 1.24. The van der Waals surface area contributed by atoms with Crippen LogP contribution in [0, 0.1) is 0 Å². The molecule has 0 bridgehead atoms. The second kappa shape index (κ2) is 11.0. The molecule has 8 heteroatoms. The first-order chi connectivity index (χ1) is 15.5. The summed E-state index contributed by atoms with van der Waals surface area (Å²) in [5.41, 5.74) is 3.32. The highest BCUT2D eigenvalue weighted by atomic mass is 32.2. The fraction of sp³-hybridized carbons (Fsp3) is 0.375. The topological polar surface area (TPSA) is 80.2 Å². The van der Waals surface area contributed by atoms with Gasteiger partial charge in [0.15, 0.2) is 11.5 Å². The van der Waals surface area contributed by atoms with E-state index < -0.39 is 0 Å². The van der Waals surface area contributed by atoms with Crippen LogP contribution in [0.3, 0.4) is 0 Å². The Morgan fingerprint density at radius 3 is 2.59 bits per heavy atom. The monoisotopic (exact) mass is 455 g/mol. The number of anilines is 1. The lowest BCUT2D eigenvalue weighted by molar-refractivity contribution is -0.116. The molecule has 170 valence electrons. The van der Waals surface area contributed by atoms with Gasteiger partial charge in [0.05, 0.1) is 31.7 Å². The van der Waals surface area contributed by atoms with E-state index in [9.17, 15) is 9.59 Å². The van der Waals surface area contributed by atoms with Gasteiger partial charge < -0.3 is 14.8 Å². The molecule has 2 amide bonds. The van der Waals surface area contributed by atoms with Crippen LogP contribution in [0.2, 0.25) is 0 Å². The zero-order valence-corrected chi connectivity index (χ0v) is 19.7. The highest BCUT2D eigenvalue weighted by Crippen LogP contribution is 2.33. The third-order valence-electron chi connectivity index (χ3n) is 5.06. The van der Waals surface area contributed by atoms with Crippen molar-refractivity contribution < 1.29 is 19.1 Å². The Labute approximate surface area is 193 Å². The molecule has 1 unspecified atom stereocenters. The molecule has 32 heavy (non-hydrogen) atoms. The molecule has 0 saturated heterocycles. The van der Waals surface area contributed by atoms with Crippen LogP contribution in [0.25, 0.3) is 0 Å². The van der Waals surface area contributed by atoms with Gasteiger partial charge in [0, 0.05) is 17.7 Å². The molecule has 1 aliphatic rings. The largest absolute Gasteiger partial charge is 0.493 e. The number of amides is 2. The summed E-state index contributed by atoms with van der Waals surface area (Å²) in [7, 11) is 3.19. The van der Waals surface area contributed by atoms with Gasteiger partial charge in [-0.25, -0.2) is 5.01 Å². The molecule has 2 aromatic carbocycles. The third-order valence-corrected chi connectivity index (χ3v) is 6.31. The maximum atomic E-state index is 12.8. The van der Waals surface area contributed by atoms with Crippen LogP contribution in [0.1, 0.15) is 44.2 Å². The Balaban J connectivity index is 1.87. The number of rotatable bonds is 9. The van der Waals surface area contributed by atoms with Crippen molar-refractivity contribution in [2.75, 3.05) is 19.5 Å². The lowest BCUT2D eigenvalue weighted by atomic mass is 10.0. The van der Waals surface area contributed by atoms with Gasteiger partial charge in [-0.1, -0.05) is 37.7 Å². The average molecular weight is 456 g/mol. The van der Waals surface area contributed by atoms with Gasteiger partial charge >= 0.3 is 5.24 Å². The van der Waals surface area contributed by atoms with Crippen molar-refractivity contribution in [1.82, 2.24) is 5.01 Å². The number of carbonyl (C=O) groups is 2. The molecule has 0 fully saturated rings. The second-order valence-corrected chi connectivity index (χ2v) is 8.55. The fourth-order valence-electron chi connectivity index (χ4n) is 3.46. The summed E-state index contributed by atoms with van der Waals surface area (Å²) in [6, 6.07) is 13.2. The molecular formula is C24H29N3O4S. The molecule has 1 N–H and O–H groups in total. The summed E-state index contributed by atoms with van der Waals surface area (Å²) < 4.78 is 10.8. The van der Waals surface area contributed by atoms with E-state index in [2.05, 4.69) is 5.32 Å². The Morgan fingerprint density at radius 1 is 1.12 bits per heavy atom. The molecule has 2 aromatic rings. The number of carbonyl (C=O) groups excluding carboxylic acids is 2. The van der Waals surface area contributed by atoms with E-state index in [4.69, 9.17) is 14.6 Å². The van der Waals surface area contributed by atoms with Crippen molar-refractivity contribution in [1.29, 1.82) is 0 Å². The zero-order chi connectivity index (χ0) is 23.1. The van der Waals surface area contributed by atoms with Crippen LogP contribution in [0.15, 0.2) is 47.6 Å². The molecule has 1 heterocycles. The lowest BCUT2D eigenvalue weighted by Gasteiger charge is -2.28. The normalized spacial score (nSPS) is 15.9. The van der Waals surface area contributed by atoms with Gasteiger partial charge in [0.25, 0.3) is 0 Å². The smallest absolute Gasteiger partial charge is 0.302 e. The molecule has 0 saturated carbocycles. The van der Waals surface area contributed by atoms with Crippen LogP contribution >= 0.6 is 11.8 Å². The first-order valence-electron chi connectivity index (χ1n) is 10.7. The molecular weight excluding hydrogens is 426 g/mol. The van der Waals surface area contributed by atoms with Crippen molar-refractivity contribution in [3.63, 3.8) is 0 Å². The minimum absolute atomic E-state index is 0.0196. The van der Waals surface area contributed by atoms with Gasteiger partial charge in [-0.05, 0) is 48.7 Å². The predicted octanol–water partition coefficient (Wildman–Crippen LogP) is 5.29. The van der Waals surface area contributed by atoms with Gasteiger partial charge in [0.2, 0.25) is 5.91 Å². The minimum atomic E-state index is -0.0958. The summed E-state index contributed by atoms with van der Waals surface area (Å²) >= 11 is 1.28. The standard InChI is InChI=1S/C24H29N3O4S/c1-5-8-22(28)25-18-10-7-9-16(13-18)15-27-24(29)32-21(6-2)23(26-27)17-11-12-19(30-3)20(14-17)31-4/h7,9-14,21H,5-6,8,15H2,1-4H3,(H,25,28). The Bertz CT molecular complexity index is 1010. The lowest BCUT2D eigenvalue weighted by Crippen LogP contribution is -2.34. The van der Waals surface area contributed by atoms with E-state index in [0.717, 1.165) is 29.7 Å². The van der Waals surface area contributed by atoms with Crippen LogP contribution in [-0.4, -0.2) is 41.3 Å². The second-order valence-electron chi connectivity index (χ2n) is 7.39. The van der Waals surface area contributed by atoms with E-state index in [1.165, 1.54) is 16.8 Å². The predicted molar refractivity (Wildman–Crippen MR) is 129 cm³/mol. The maximum Gasteiger partial charge on any atom is 0.302 e. The number of nitrogens with one attached hydrogen (secondary N) is 1. The molecule has 0 aliphatic carbocycles. The van der Waals surface area contributed by atoms with Crippen molar-refractivity contribution in [3.8, 4) is 11.5 Å². The highest BCUT2D eigenvalue weighted by molar-refractivity contribution is 8.14. The van der Waals surface area contributed by atoms with E-state index in [0.29, 0.717) is 30.2 Å². The molecule has 1 aliphatic heterocycles. The quantitative estimate of drug-likeness (QED) is 0.555. The highest BCUT2D eigenvalue weighted by Gasteiger charge is 2.30. The molecule has 0 radical (unpaired) electrons. The molecule has 0 aromatic heterocycles.